The number of nitrogens with one attached hydrogen (secondary N) is 5. The molecule has 0 bridgehead atoms. The highest BCUT2D eigenvalue weighted by atomic mass is 16.6. The van der Waals surface area contributed by atoms with Crippen LogP contribution in [0, 0.1) is 19.8 Å². The Balaban J connectivity index is 0.949. The predicted molar refractivity (Wildman–Crippen MR) is 300 cm³/mol. The summed E-state index contributed by atoms with van der Waals surface area (Å²) >= 11 is 0. The Labute approximate surface area is 462 Å². The molecule has 0 spiro atoms. The van der Waals surface area contributed by atoms with Gasteiger partial charge in [-0.05, 0) is 110 Å². The number of urea groups is 1. The maximum absolute atomic E-state index is 14.5. The molecular weight excluding hydrogens is 1020 g/mol. The molecule has 5 heterocycles. The Hall–Kier alpha value is -9.53. The van der Waals surface area contributed by atoms with Crippen molar-refractivity contribution in [2.75, 3.05) is 18.4 Å². The van der Waals surface area contributed by atoms with E-state index in [0.29, 0.717) is 59.1 Å². The first-order valence-electron chi connectivity index (χ1n) is 26.5. The lowest BCUT2D eigenvalue weighted by atomic mass is 9.95. The average molecular weight is 1080 g/mol. The van der Waals surface area contributed by atoms with Crippen molar-refractivity contribution in [3.63, 3.8) is 0 Å². The van der Waals surface area contributed by atoms with Gasteiger partial charge in [0.2, 0.25) is 17.7 Å². The van der Waals surface area contributed by atoms with Crippen molar-refractivity contribution in [3.05, 3.63) is 156 Å². The minimum absolute atomic E-state index is 0.0318. The molecule has 1 unspecified atom stereocenters. The van der Waals surface area contributed by atoms with E-state index in [1.807, 2.05) is 98.9 Å². The van der Waals surface area contributed by atoms with Crippen LogP contribution in [0.25, 0.3) is 39.4 Å². The summed E-state index contributed by atoms with van der Waals surface area (Å²) in [5.41, 5.74) is 14.4. The van der Waals surface area contributed by atoms with Crippen molar-refractivity contribution in [2.24, 2.45) is 11.7 Å². The van der Waals surface area contributed by atoms with Gasteiger partial charge in [0.05, 0.1) is 24.5 Å². The number of unbranched alkanes of at least 4 members (excludes halogenated alkanes) is 2. The number of rotatable bonds is 25. The molecule has 2 atom stereocenters. The van der Waals surface area contributed by atoms with E-state index in [1.165, 1.54) is 18.5 Å². The standard InChI is InChI=1S/C59H65N13O8/c1-37(2)53(69-49(73)21-9-6-10-31-71-50(74)28-29-51(71)75)57(77)66-46(20-13-30-61-58(60)78)56(76)65-44-25-22-40(23-26-44)35-80-59(79)70(32-42-18-11-14-38(3)52(42)41-16-7-5-8-17-41)34-47-67-54(43-24-27-48-62-36-63-72(48)33-43)55(68-47)45-19-12-15-39(4)64-45/h5,7-8,11-12,14-19,22-29,33,36-37,46,53H,6,9-10,13,20-21,30-32,34-35H2,1-4H3,(H,65,76)(H,66,77)(H,67,68)(H,69,73)(H3,60,61,78)/t46-,53?/m0/s1. The van der Waals surface area contributed by atoms with E-state index in [1.54, 1.807) is 47.5 Å². The third kappa shape index (κ3) is 14.9. The molecule has 1 aliphatic rings. The van der Waals surface area contributed by atoms with Gasteiger partial charge in [-0.2, -0.15) is 5.10 Å². The highest BCUT2D eigenvalue weighted by Gasteiger charge is 2.30. The number of aryl methyl sites for hydroxylation is 2. The molecule has 8 rings (SSSR count). The number of nitrogens with zero attached hydrogens (tertiary/aromatic N) is 7. The molecule has 1 aliphatic heterocycles. The maximum Gasteiger partial charge on any atom is 0.410 e. The van der Waals surface area contributed by atoms with Gasteiger partial charge in [0.15, 0.2) is 5.65 Å². The molecule has 0 radical (unpaired) electrons. The molecule has 4 aromatic heterocycles. The van der Waals surface area contributed by atoms with Gasteiger partial charge in [-0.3, -0.25) is 38.8 Å². The van der Waals surface area contributed by atoms with Crippen LogP contribution in [-0.4, -0.2) is 106 Å². The first-order chi connectivity index (χ1) is 38.6. The summed E-state index contributed by atoms with van der Waals surface area (Å²) in [5, 5.41) is 15.3. The van der Waals surface area contributed by atoms with E-state index < -0.39 is 36.0 Å². The number of benzene rings is 3. The number of nitrogens with two attached hydrogens (primary N) is 1. The number of anilines is 1. The number of hydrogen-bond donors (Lipinski definition) is 6. The average Bonchev–Trinajstić information content (AvgIpc) is 4.23. The van der Waals surface area contributed by atoms with E-state index in [4.69, 9.17) is 20.4 Å². The fourth-order valence-electron chi connectivity index (χ4n) is 9.34. The van der Waals surface area contributed by atoms with Crippen molar-refractivity contribution in [3.8, 4) is 33.8 Å². The van der Waals surface area contributed by atoms with E-state index in [0.717, 1.165) is 38.4 Å². The van der Waals surface area contributed by atoms with Gasteiger partial charge in [0.25, 0.3) is 11.8 Å². The summed E-state index contributed by atoms with van der Waals surface area (Å²) in [7, 11) is 0. The molecule has 0 fully saturated rings. The highest BCUT2D eigenvalue weighted by molar-refractivity contribution is 6.12. The third-order valence-corrected chi connectivity index (χ3v) is 13.5. The Morgan fingerprint density at radius 2 is 1.54 bits per heavy atom. The first-order valence-corrected chi connectivity index (χ1v) is 26.5. The van der Waals surface area contributed by atoms with Gasteiger partial charge < -0.3 is 36.7 Å². The SMILES string of the molecule is Cc1cccc(-c2nc(CN(Cc3cccc(C)c3-c3ccccc3)C(=O)OCc3ccc(NC(=O)[C@H](CCCNC(N)=O)NC(=O)C(NC(=O)CCCCCN4C(=O)C=CC4=O)C(C)C)cc3)[nH]c2-c2ccc3ncnn3c2)n1. The fraction of sp³-hybridized carbons (Fsp3) is 0.305. The van der Waals surface area contributed by atoms with Crippen molar-refractivity contribution < 1.29 is 38.3 Å². The summed E-state index contributed by atoms with van der Waals surface area (Å²) in [5.74, 6) is -2.05. The van der Waals surface area contributed by atoms with Crippen LogP contribution >= 0.6 is 0 Å². The van der Waals surface area contributed by atoms with Crippen LogP contribution in [0.5, 0.6) is 0 Å². The highest BCUT2D eigenvalue weighted by Crippen LogP contribution is 2.32. The molecule has 8 amide bonds. The van der Waals surface area contributed by atoms with Crippen LogP contribution in [0.15, 0.2) is 128 Å². The number of imide groups is 1. The number of imidazole rings is 1. The molecule has 7 aromatic rings. The number of aromatic nitrogens is 6. The zero-order valence-corrected chi connectivity index (χ0v) is 45.1. The third-order valence-electron chi connectivity index (χ3n) is 13.5. The predicted octanol–water partition coefficient (Wildman–Crippen LogP) is 7.30. The number of pyridine rings is 2. The Bertz CT molecular complexity index is 3370. The van der Waals surface area contributed by atoms with Gasteiger partial charge in [-0.25, -0.2) is 24.1 Å². The Kier molecular flexibility index (Phi) is 18.9. The van der Waals surface area contributed by atoms with E-state index in [2.05, 4.69) is 36.3 Å². The summed E-state index contributed by atoms with van der Waals surface area (Å²) in [6, 6.07) is 29.5. The molecule has 3 aromatic carbocycles. The van der Waals surface area contributed by atoms with Crippen molar-refractivity contribution in [2.45, 2.75) is 98.0 Å². The number of carbonyl (C=O) groups is 7. The van der Waals surface area contributed by atoms with Crippen LogP contribution in [0.3, 0.4) is 0 Å². The molecule has 414 valence electrons. The van der Waals surface area contributed by atoms with E-state index in [9.17, 15) is 33.6 Å². The number of carbonyl (C=O) groups excluding carboxylic acids is 7. The number of H-pyrrole nitrogens is 1. The first kappa shape index (κ1) is 56.7. The van der Waals surface area contributed by atoms with Gasteiger partial charge in [0.1, 0.15) is 36.5 Å². The number of amides is 8. The van der Waals surface area contributed by atoms with Gasteiger partial charge in [0, 0.05) is 54.8 Å². The van der Waals surface area contributed by atoms with Crippen LogP contribution in [0.4, 0.5) is 15.3 Å². The van der Waals surface area contributed by atoms with Crippen LogP contribution in [0.2, 0.25) is 0 Å². The maximum atomic E-state index is 14.5. The molecule has 7 N–H and O–H groups in total. The fourth-order valence-corrected chi connectivity index (χ4v) is 9.34. The molecule has 0 saturated carbocycles. The second kappa shape index (κ2) is 26.7. The smallest absolute Gasteiger partial charge is 0.410 e. The quantitative estimate of drug-likeness (QED) is 0.0243. The number of aromatic amines is 1. The van der Waals surface area contributed by atoms with Crippen LogP contribution < -0.4 is 27.0 Å². The molecule has 21 heteroatoms. The van der Waals surface area contributed by atoms with E-state index >= 15 is 0 Å². The second-order valence-corrected chi connectivity index (χ2v) is 19.9. The van der Waals surface area contributed by atoms with Crippen molar-refractivity contribution in [1.82, 2.24) is 55.3 Å². The van der Waals surface area contributed by atoms with Crippen molar-refractivity contribution in [1.29, 1.82) is 0 Å². The molecule has 0 aliphatic carbocycles. The van der Waals surface area contributed by atoms with Gasteiger partial charge >= 0.3 is 12.1 Å². The number of hydrogen-bond acceptors (Lipinski definition) is 12. The Morgan fingerprint density at radius 3 is 2.27 bits per heavy atom. The topological polar surface area (TPSA) is 281 Å². The largest absolute Gasteiger partial charge is 0.445 e. The minimum Gasteiger partial charge on any atom is -0.445 e. The normalized spacial score (nSPS) is 12.8. The molecular formula is C59H65N13O8. The van der Waals surface area contributed by atoms with Crippen LogP contribution in [0.1, 0.15) is 80.6 Å². The Morgan fingerprint density at radius 1 is 0.775 bits per heavy atom. The number of fused-ring (bicyclic) bond motifs is 1. The molecule has 0 saturated heterocycles. The summed E-state index contributed by atoms with van der Waals surface area (Å²) in [6.07, 6.45) is 7.28. The molecule has 80 heavy (non-hydrogen) atoms. The zero-order chi connectivity index (χ0) is 56.7. The second-order valence-electron chi connectivity index (χ2n) is 19.9. The van der Waals surface area contributed by atoms with E-state index in [-0.39, 0.29) is 75.7 Å². The molecule has 21 nitrogen and oxygen atoms in total. The lowest BCUT2D eigenvalue weighted by Gasteiger charge is -2.25. The summed E-state index contributed by atoms with van der Waals surface area (Å²) in [6.45, 7) is 7.98. The lowest BCUT2D eigenvalue weighted by molar-refractivity contribution is -0.137. The summed E-state index contributed by atoms with van der Waals surface area (Å²) < 4.78 is 7.74. The van der Waals surface area contributed by atoms with Crippen molar-refractivity contribution >= 4 is 53.0 Å². The minimum atomic E-state index is -1.07. The monoisotopic (exact) mass is 1080 g/mol. The summed E-state index contributed by atoms with van der Waals surface area (Å²) in [4.78, 5) is 111. The van der Waals surface area contributed by atoms with Gasteiger partial charge in [-0.15, -0.1) is 0 Å². The number of primary amides is 1. The lowest BCUT2D eigenvalue weighted by Crippen LogP contribution is -2.54. The van der Waals surface area contributed by atoms with Gasteiger partial charge in [-0.1, -0.05) is 87.0 Å². The zero-order valence-electron chi connectivity index (χ0n) is 45.1. The number of ether oxygens (including phenoxy) is 1. The van der Waals surface area contributed by atoms with Crippen LogP contribution in [-0.2, 0) is 48.4 Å².